The van der Waals surface area contributed by atoms with Gasteiger partial charge in [0.1, 0.15) is 6.04 Å². The van der Waals surface area contributed by atoms with E-state index >= 15 is 0 Å². The molecule has 6 heteroatoms. The molecule has 1 aliphatic carbocycles. The highest BCUT2D eigenvalue weighted by Crippen LogP contribution is 2.31. The van der Waals surface area contributed by atoms with Crippen LogP contribution >= 0.6 is 11.6 Å². The molecule has 1 heterocycles. The molecule has 27 heavy (non-hydrogen) atoms. The number of nitrogens with one attached hydrogen (secondary N) is 2. The number of rotatable bonds is 7. The average molecular weight is 390 g/mol. The Morgan fingerprint density at radius 2 is 2.11 bits per heavy atom. The highest BCUT2D eigenvalue weighted by molar-refractivity contribution is 6.34. The maximum atomic E-state index is 12.3. The Bertz CT molecular complexity index is 732. The first-order chi connectivity index (χ1) is 13.0. The van der Waals surface area contributed by atoms with E-state index in [-0.39, 0.29) is 17.9 Å². The molecule has 1 fully saturated rings. The van der Waals surface area contributed by atoms with Crippen molar-refractivity contribution in [2.24, 2.45) is 0 Å². The molecule has 0 spiro atoms. The SMILES string of the molecule is C[C@@H](Nc1ccc(N2CCCC2=O)c(Cl)c1)C(=O)NCCC1=CCCCC1. The van der Waals surface area contributed by atoms with E-state index in [1.807, 2.05) is 19.1 Å². The molecule has 2 amide bonds. The third kappa shape index (κ3) is 5.25. The minimum Gasteiger partial charge on any atom is -0.374 e. The fraction of sp³-hybridized carbons (Fsp3) is 0.524. The third-order valence-electron chi connectivity index (χ3n) is 5.22. The number of anilines is 2. The lowest BCUT2D eigenvalue weighted by atomic mass is 9.97. The number of amides is 2. The monoisotopic (exact) mass is 389 g/mol. The summed E-state index contributed by atoms with van der Waals surface area (Å²) in [6, 6.07) is 5.12. The van der Waals surface area contributed by atoms with Gasteiger partial charge in [-0.25, -0.2) is 0 Å². The van der Waals surface area contributed by atoms with Gasteiger partial charge in [-0.15, -0.1) is 0 Å². The molecule has 1 aromatic carbocycles. The summed E-state index contributed by atoms with van der Waals surface area (Å²) < 4.78 is 0. The zero-order valence-electron chi connectivity index (χ0n) is 15.9. The second-order valence-corrected chi connectivity index (χ2v) is 7.74. The van der Waals surface area contributed by atoms with Crippen molar-refractivity contribution in [2.75, 3.05) is 23.3 Å². The number of hydrogen-bond donors (Lipinski definition) is 2. The van der Waals surface area contributed by atoms with E-state index in [1.54, 1.807) is 11.0 Å². The van der Waals surface area contributed by atoms with E-state index in [0.717, 1.165) is 30.6 Å². The predicted molar refractivity (Wildman–Crippen MR) is 110 cm³/mol. The van der Waals surface area contributed by atoms with Gasteiger partial charge in [0.05, 0.1) is 10.7 Å². The van der Waals surface area contributed by atoms with Crippen molar-refractivity contribution in [2.45, 2.75) is 57.9 Å². The number of halogens is 1. The summed E-state index contributed by atoms with van der Waals surface area (Å²) in [4.78, 5) is 25.9. The minimum absolute atomic E-state index is 0.0265. The molecule has 2 aliphatic rings. The molecule has 1 aliphatic heterocycles. The second-order valence-electron chi connectivity index (χ2n) is 7.33. The quantitative estimate of drug-likeness (QED) is 0.684. The van der Waals surface area contributed by atoms with Gasteiger partial charge >= 0.3 is 0 Å². The van der Waals surface area contributed by atoms with Gasteiger partial charge in [-0.2, -0.15) is 0 Å². The number of allylic oxidation sites excluding steroid dienone is 1. The van der Waals surface area contributed by atoms with Gasteiger partial charge in [0.2, 0.25) is 11.8 Å². The summed E-state index contributed by atoms with van der Waals surface area (Å²) in [7, 11) is 0. The molecular formula is C21H28ClN3O2. The van der Waals surface area contributed by atoms with Crippen LogP contribution in [0.1, 0.15) is 51.9 Å². The minimum atomic E-state index is -0.360. The zero-order chi connectivity index (χ0) is 19.2. The molecule has 0 bridgehead atoms. The molecule has 5 nitrogen and oxygen atoms in total. The first kappa shape index (κ1) is 19.7. The molecule has 0 aromatic heterocycles. The molecule has 0 radical (unpaired) electrons. The topological polar surface area (TPSA) is 61.4 Å². The highest BCUT2D eigenvalue weighted by atomic mass is 35.5. The molecule has 0 saturated carbocycles. The van der Waals surface area contributed by atoms with Crippen LogP contribution in [0.25, 0.3) is 0 Å². The number of hydrogen-bond acceptors (Lipinski definition) is 3. The number of benzene rings is 1. The highest BCUT2D eigenvalue weighted by Gasteiger charge is 2.23. The number of carbonyl (C=O) groups excluding carboxylic acids is 2. The molecule has 1 saturated heterocycles. The smallest absolute Gasteiger partial charge is 0.242 e. The van der Waals surface area contributed by atoms with Crippen LogP contribution in [0.5, 0.6) is 0 Å². The second kappa shape index (κ2) is 9.27. The van der Waals surface area contributed by atoms with Gasteiger partial charge < -0.3 is 15.5 Å². The first-order valence-electron chi connectivity index (χ1n) is 9.86. The lowest BCUT2D eigenvalue weighted by Crippen LogP contribution is -2.38. The standard InChI is InChI=1S/C21H28ClN3O2/c1-15(21(27)23-12-11-16-6-3-2-4-7-16)24-17-9-10-19(18(22)14-17)25-13-5-8-20(25)26/h6,9-10,14-15,24H,2-5,7-8,11-13H2,1H3,(H,23,27)/t15-/m1/s1. The maximum Gasteiger partial charge on any atom is 0.242 e. The van der Waals surface area contributed by atoms with Gasteiger partial charge in [-0.05, 0) is 63.6 Å². The van der Waals surface area contributed by atoms with Crippen LogP contribution in [0.4, 0.5) is 11.4 Å². The van der Waals surface area contributed by atoms with Gasteiger partial charge in [-0.3, -0.25) is 9.59 Å². The van der Waals surface area contributed by atoms with E-state index in [4.69, 9.17) is 11.6 Å². The lowest BCUT2D eigenvalue weighted by Gasteiger charge is -2.20. The number of nitrogens with zero attached hydrogens (tertiary/aromatic N) is 1. The number of carbonyl (C=O) groups is 2. The molecule has 1 aromatic rings. The summed E-state index contributed by atoms with van der Waals surface area (Å²) in [5.74, 6) is 0.0831. The van der Waals surface area contributed by atoms with E-state index in [1.165, 1.54) is 24.8 Å². The summed E-state index contributed by atoms with van der Waals surface area (Å²) in [6.45, 7) is 3.22. The Balaban J connectivity index is 1.50. The van der Waals surface area contributed by atoms with Gasteiger partial charge in [0.25, 0.3) is 0 Å². The third-order valence-corrected chi connectivity index (χ3v) is 5.52. The Morgan fingerprint density at radius 1 is 1.26 bits per heavy atom. The largest absolute Gasteiger partial charge is 0.374 e. The van der Waals surface area contributed by atoms with Crippen LogP contribution in [-0.2, 0) is 9.59 Å². The van der Waals surface area contributed by atoms with Gasteiger partial charge in [0, 0.05) is 25.2 Å². The van der Waals surface area contributed by atoms with Crippen molar-refractivity contribution in [3.8, 4) is 0 Å². The summed E-state index contributed by atoms with van der Waals surface area (Å²) in [5.41, 5.74) is 2.97. The Morgan fingerprint density at radius 3 is 2.78 bits per heavy atom. The molecule has 0 unspecified atom stereocenters. The summed E-state index contributed by atoms with van der Waals surface area (Å²) in [6.07, 6.45) is 9.55. The molecule has 2 N–H and O–H groups in total. The van der Waals surface area contributed by atoms with Crippen molar-refractivity contribution in [3.63, 3.8) is 0 Å². The van der Waals surface area contributed by atoms with Gasteiger partial charge in [-0.1, -0.05) is 23.3 Å². The van der Waals surface area contributed by atoms with Crippen LogP contribution in [0.2, 0.25) is 5.02 Å². The summed E-state index contributed by atoms with van der Waals surface area (Å²) in [5, 5.41) is 6.70. The van der Waals surface area contributed by atoms with E-state index < -0.39 is 0 Å². The summed E-state index contributed by atoms with van der Waals surface area (Å²) >= 11 is 6.37. The van der Waals surface area contributed by atoms with E-state index in [2.05, 4.69) is 16.7 Å². The molecule has 3 rings (SSSR count). The molecule has 1 atom stereocenters. The average Bonchev–Trinajstić information content (AvgIpc) is 3.08. The Labute approximate surface area is 166 Å². The van der Waals surface area contributed by atoms with Crippen LogP contribution in [0.15, 0.2) is 29.8 Å². The Hall–Kier alpha value is -2.01. The van der Waals surface area contributed by atoms with Crippen molar-refractivity contribution < 1.29 is 9.59 Å². The van der Waals surface area contributed by atoms with Gasteiger partial charge in [0.15, 0.2) is 0 Å². The van der Waals surface area contributed by atoms with Crippen molar-refractivity contribution in [1.29, 1.82) is 0 Å². The normalized spacial score (nSPS) is 18.2. The van der Waals surface area contributed by atoms with Crippen LogP contribution in [0.3, 0.4) is 0 Å². The fourth-order valence-electron chi connectivity index (χ4n) is 3.67. The predicted octanol–water partition coefficient (Wildman–Crippen LogP) is 4.27. The van der Waals surface area contributed by atoms with Crippen LogP contribution in [0, 0.1) is 0 Å². The van der Waals surface area contributed by atoms with Crippen LogP contribution < -0.4 is 15.5 Å². The van der Waals surface area contributed by atoms with Crippen molar-refractivity contribution in [3.05, 3.63) is 34.9 Å². The van der Waals surface area contributed by atoms with E-state index in [0.29, 0.717) is 24.5 Å². The molecular weight excluding hydrogens is 362 g/mol. The zero-order valence-corrected chi connectivity index (χ0v) is 16.6. The fourth-order valence-corrected chi connectivity index (χ4v) is 3.95. The van der Waals surface area contributed by atoms with Crippen molar-refractivity contribution >= 4 is 34.8 Å². The molecule has 146 valence electrons. The lowest BCUT2D eigenvalue weighted by molar-refractivity contribution is -0.121. The van der Waals surface area contributed by atoms with Crippen LogP contribution in [-0.4, -0.2) is 30.9 Å². The maximum absolute atomic E-state index is 12.3. The van der Waals surface area contributed by atoms with E-state index in [9.17, 15) is 9.59 Å². The van der Waals surface area contributed by atoms with Crippen molar-refractivity contribution in [1.82, 2.24) is 5.32 Å². The Kier molecular flexibility index (Phi) is 6.78. The first-order valence-corrected chi connectivity index (χ1v) is 10.2.